The highest BCUT2D eigenvalue weighted by atomic mass is 32.1. The number of anilines is 1. The lowest BCUT2D eigenvalue weighted by Crippen LogP contribution is -2.19. The Morgan fingerprint density at radius 1 is 1.28 bits per heavy atom. The molecule has 2 aromatic heterocycles. The Kier molecular flexibility index (Phi) is 3.84. The summed E-state index contributed by atoms with van der Waals surface area (Å²) in [4.78, 5) is 10.8. The molecule has 0 bridgehead atoms. The van der Waals surface area contributed by atoms with Gasteiger partial charge in [-0.15, -0.1) is 0 Å². The molecule has 2 aromatic rings. The molecule has 0 unspecified atom stereocenters. The first-order valence-corrected chi connectivity index (χ1v) is 5.94. The second-order valence-electron chi connectivity index (χ2n) is 3.94. The van der Waals surface area contributed by atoms with Gasteiger partial charge in [0.05, 0.1) is 17.9 Å². The molecule has 0 aromatic carbocycles. The summed E-state index contributed by atoms with van der Waals surface area (Å²) in [7, 11) is 1.99. The molecule has 5 heteroatoms. The Morgan fingerprint density at radius 3 is 2.78 bits per heavy atom. The van der Waals surface area contributed by atoms with Gasteiger partial charge in [0.1, 0.15) is 4.99 Å². The summed E-state index contributed by atoms with van der Waals surface area (Å²) in [6.07, 6.45) is 3.49. The molecule has 0 aliphatic heterocycles. The maximum atomic E-state index is 5.57. The maximum absolute atomic E-state index is 5.57. The van der Waals surface area contributed by atoms with E-state index in [9.17, 15) is 0 Å². The SMILES string of the molecule is CN(Cc1ccccn1)c1ccnc(C(N)=S)c1. The number of pyridine rings is 2. The lowest BCUT2D eigenvalue weighted by molar-refractivity contribution is 0.883. The van der Waals surface area contributed by atoms with Crippen molar-refractivity contribution in [1.29, 1.82) is 0 Å². The van der Waals surface area contributed by atoms with Crippen LogP contribution in [0.4, 0.5) is 5.69 Å². The standard InChI is InChI=1S/C13H14N4S/c1-17(9-10-4-2-3-6-15-10)11-5-7-16-12(8-11)13(14)18/h2-8H,9H2,1H3,(H2,14,18). The summed E-state index contributed by atoms with van der Waals surface area (Å²) < 4.78 is 0. The molecule has 4 nitrogen and oxygen atoms in total. The minimum Gasteiger partial charge on any atom is -0.388 e. The van der Waals surface area contributed by atoms with E-state index in [0.717, 1.165) is 17.9 Å². The molecular formula is C13H14N4S. The average molecular weight is 258 g/mol. The molecule has 0 saturated carbocycles. The van der Waals surface area contributed by atoms with Crippen LogP contribution >= 0.6 is 12.2 Å². The molecule has 0 aliphatic carbocycles. The van der Waals surface area contributed by atoms with Gasteiger partial charge in [-0.25, -0.2) is 0 Å². The van der Waals surface area contributed by atoms with E-state index in [-0.39, 0.29) is 0 Å². The smallest absolute Gasteiger partial charge is 0.122 e. The fourth-order valence-corrected chi connectivity index (χ4v) is 1.73. The van der Waals surface area contributed by atoms with E-state index in [4.69, 9.17) is 18.0 Å². The van der Waals surface area contributed by atoms with Crippen molar-refractivity contribution >= 4 is 22.9 Å². The summed E-state index contributed by atoms with van der Waals surface area (Å²) >= 11 is 4.92. The number of thiocarbonyl (C=S) groups is 1. The Hall–Kier alpha value is -2.01. The van der Waals surface area contributed by atoms with Crippen LogP contribution in [0.15, 0.2) is 42.7 Å². The van der Waals surface area contributed by atoms with E-state index in [2.05, 4.69) is 14.9 Å². The quantitative estimate of drug-likeness (QED) is 0.847. The largest absolute Gasteiger partial charge is 0.388 e. The first-order chi connectivity index (χ1) is 8.66. The van der Waals surface area contributed by atoms with Gasteiger partial charge in [0.15, 0.2) is 0 Å². The molecule has 2 heterocycles. The zero-order valence-electron chi connectivity index (χ0n) is 10.1. The van der Waals surface area contributed by atoms with Crippen LogP contribution < -0.4 is 10.6 Å². The molecule has 0 atom stereocenters. The van der Waals surface area contributed by atoms with Crippen LogP contribution in [-0.4, -0.2) is 22.0 Å². The summed E-state index contributed by atoms with van der Waals surface area (Å²) in [5, 5.41) is 0. The molecule has 2 N–H and O–H groups in total. The van der Waals surface area contributed by atoms with E-state index in [0.29, 0.717) is 10.7 Å². The molecule has 92 valence electrons. The van der Waals surface area contributed by atoms with Crippen molar-refractivity contribution in [2.45, 2.75) is 6.54 Å². The van der Waals surface area contributed by atoms with E-state index < -0.39 is 0 Å². The topological polar surface area (TPSA) is 55.0 Å². The summed E-state index contributed by atoms with van der Waals surface area (Å²) in [6.45, 7) is 0.724. The van der Waals surface area contributed by atoms with Gasteiger partial charge in [-0.3, -0.25) is 9.97 Å². The Labute approximate surface area is 111 Å². The van der Waals surface area contributed by atoms with Gasteiger partial charge in [0, 0.05) is 25.1 Å². The second kappa shape index (κ2) is 5.55. The van der Waals surface area contributed by atoms with Crippen LogP contribution in [0.3, 0.4) is 0 Å². The Morgan fingerprint density at radius 2 is 2.11 bits per heavy atom. The lowest BCUT2D eigenvalue weighted by atomic mass is 10.2. The summed E-state index contributed by atoms with van der Waals surface area (Å²) in [6, 6.07) is 9.67. The fourth-order valence-electron chi connectivity index (χ4n) is 1.62. The normalized spacial score (nSPS) is 10.1. The van der Waals surface area contributed by atoms with Crippen molar-refractivity contribution < 1.29 is 0 Å². The fraction of sp³-hybridized carbons (Fsp3) is 0.154. The van der Waals surface area contributed by atoms with Crippen molar-refractivity contribution in [3.63, 3.8) is 0 Å². The van der Waals surface area contributed by atoms with Crippen molar-refractivity contribution in [2.24, 2.45) is 5.73 Å². The second-order valence-corrected chi connectivity index (χ2v) is 4.38. The number of nitrogens with two attached hydrogens (primary N) is 1. The highest BCUT2D eigenvalue weighted by Crippen LogP contribution is 2.15. The third-order valence-corrected chi connectivity index (χ3v) is 2.77. The minimum absolute atomic E-state index is 0.308. The zero-order chi connectivity index (χ0) is 13.0. The molecule has 0 aliphatic rings. The first kappa shape index (κ1) is 12.4. The number of nitrogens with zero attached hydrogens (tertiary/aromatic N) is 3. The highest BCUT2D eigenvalue weighted by Gasteiger charge is 2.05. The van der Waals surface area contributed by atoms with Gasteiger partial charge >= 0.3 is 0 Å². The van der Waals surface area contributed by atoms with Crippen LogP contribution in [0.5, 0.6) is 0 Å². The maximum Gasteiger partial charge on any atom is 0.122 e. The monoisotopic (exact) mass is 258 g/mol. The van der Waals surface area contributed by atoms with Crippen LogP contribution in [0, 0.1) is 0 Å². The molecule has 2 rings (SSSR count). The Bertz CT molecular complexity index is 542. The lowest BCUT2D eigenvalue weighted by Gasteiger charge is -2.19. The van der Waals surface area contributed by atoms with E-state index in [1.54, 1.807) is 12.4 Å². The first-order valence-electron chi connectivity index (χ1n) is 5.54. The number of hydrogen-bond acceptors (Lipinski definition) is 4. The van der Waals surface area contributed by atoms with Crippen LogP contribution in [0.1, 0.15) is 11.4 Å². The van der Waals surface area contributed by atoms with Gasteiger partial charge in [-0.1, -0.05) is 18.3 Å². The van der Waals surface area contributed by atoms with E-state index >= 15 is 0 Å². The molecule has 0 radical (unpaired) electrons. The molecule has 0 saturated heterocycles. The molecule has 0 amide bonds. The molecule has 0 fully saturated rings. The van der Waals surface area contributed by atoms with Crippen LogP contribution in [0.2, 0.25) is 0 Å². The third kappa shape index (κ3) is 3.01. The van der Waals surface area contributed by atoms with Crippen molar-refractivity contribution in [2.75, 3.05) is 11.9 Å². The number of hydrogen-bond donors (Lipinski definition) is 1. The number of rotatable bonds is 4. The van der Waals surface area contributed by atoms with E-state index in [1.165, 1.54) is 0 Å². The van der Waals surface area contributed by atoms with Gasteiger partial charge in [0.2, 0.25) is 0 Å². The molecule has 18 heavy (non-hydrogen) atoms. The summed E-state index contributed by atoms with van der Waals surface area (Å²) in [5.74, 6) is 0. The van der Waals surface area contributed by atoms with Crippen molar-refractivity contribution in [1.82, 2.24) is 9.97 Å². The highest BCUT2D eigenvalue weighted by molar-refractivity contribution is 7.80. The zero-order valence-corrected chi connectivity index (χ0v) is 10.9. The van der Waals surface area contributed by atoms with Gasteiger partial charge < -0.3 is 10.6 Å². The van der Waals surface area contributed by atoms with Crippen molar-refractivity contribution in [3.05, 3.63) is 54.1 Å². The van der Waals surface area contributed by atoms with Crippen LogP contribution in [-0.2, 0) is 6.54 Å². The van der Waals surface area contributed by atoms with Gasteiger partial charge in [-0.05, 0) is 24.3 Å². The molecule has 0 spiro atoms. The van der Waals surface area contributed by atoms with Crippen molar-refractivity contribution in [3.8, 4) is 0 Å². The predicted molar refractivity (Wildman–Crippen MR) is 76.5 cm³/mol. The van der Waals surface area contributed by atoms with E-state index in [1.807, 2.05) is 37.4 Å². The number of aromatic nitrogens is 2. The summed E-state index contributed by atoms with van der Waals surface area (Å²) in [5.41, 5.74) is 8.23. The minimum atomic E-state index is 0.308. The van der Waals surface area contributed by atoms with Gasteiger partial charge in [-0.2, -0.15) is 0 Å². The van der Waals surface area contributed by atoms with Crippen LogP contribution in [0.25, 0.3) is 0 Å². The Balaban J connectivity index is 2.16. The average Bonchev–Trinajstić information content (AvgIpc) is 2.40. The molecular weight excluding hydrogens is 244 g/mol. The predicted octanol–water partition coefficient (Wildman–Crippen LogP) is 1.75. The third-order valence-electron chi connectivity index (χ3n) is 2.56. The van der Waals surface area contributed by atoms with Gasteiger partial charge in [0.25, 0.3) is 0 Å².